The third-order valence-electron chi connectivity index (χ3n) is 4.68. The highest BCUT2D eigenvalue weighted by atomic mass is 19.4. The summed E-state index contributed by atoms with van der Waals surface area (Å²) < 4.78 is 50.4. The number of alkyl halides is 3. The van der Waals surface area contributed by atoms with E-state index in [2.05, 4.69) is 4.90 Å². The van der Waals surface area contributed by atoms with Crippen LogP contribution < -0.4 is 9.47 Å². The summed E-state index contributed by atoms with van der Waals surface area (Å²) in [6, 6.07) is 14.7. The molecule has 0 aliphatic carbocycles. The minimum atomic E-state index is -4.37. The van der Waals surface area contributed by atoms with Crippen LogP contribution in [0.2, 0.25) is 0 Å². The van der Waals surface area contributed by atoms with Crippen molar-refractivity contribution in [2.75, 3.05) is 26.2 Å². The number of halogens is 3. The molecule has 0 spiro atoms. The second kappa shape index (κ2) is 8.21. The fraction of sp³-hybridized carbons (Fsp3) is 0.429. The lowest BCUT2D eigenvalue weighted by Gasteiger charge is -2.40. The molecule has 6 heteroatoms. The standard InChI is InChI=1S/C21H24F3NO2/c1-20(27-19-10-5-7-17(15-19)21(22,23)24)11-6-12-25(16-20)13-14-26-18-8-3-2-4-9-18/h2-5,7-10,15H,6,11-14,16H2,1H3. The van der Waals surface area contributed by atoms with E-state index in [-0.39, 0.29) is 5.75 Å². The summed E-state index contributed by atoms with van der Waals surface area (Å²) in [7, 11) is 0. The van der Waals surface area contributed by atoms with Gasteiger partial charge in [-0.25, -0.2) is 0 Å². The number of likely N-dealkylation sites (tertiary alicyclic amines) is 1. The van der Waals surface area contributed by atoms with Crippen LogP contribution in [0, 0.1) is 0 Å². The highest BCUT2D eigenvalue weighted by Crippen LogP contribution is 2.33. The summed E-state index contributed by atoms with van der Waals surface area (Å²) in [6.07, 6.45) is -2.63. The van der Waals surface area contributed by atoms with Crippen LogP contribution in [0.25, 0.3) is 0 Å². The van der Waals surface area contributed by atoms with Gasteiger partial charge in [0.1, 0.15) is 23.7 Å². The van der Waals surface area contributed by atoms with Crippen LogP contribution in [-0.4, -0.2) is 36.7 Å². The van der Waals surface area contributed by atoms with Gasteiger partial charge >= 0.3 is 6.18 Å². The summed E-state index contributed by atoms with van der Waals surface area (Å²) in [5.74, 6) is 1.09. The molecule has 1 unspecified atom stereocenters. The fourth-order valence-electron chi connectivity index (χ4n) is 3.41. The van der Waals surface area contributed by atoms with Gasteiger partial charge in [-0.05, 0) is 56.6 Å². The van der Waals surface area contributed by atoms with Gasteiger partial charge in [0.05, 0.1) is 5.56 Å². The number of piperidine rings is 1. The number of ether oxygens (including phenoxy) is 2. The molecule has 146 valence electrons. The van der Waals surface area contributed by atoms with Crippen molar-refractivity contribution >= 4 is 0 Å². The lowest BCUT2D eigenvalue weighted by molar-refractivity contribution is -0.137. The van der Waals surface area contributed by atoms with E-state index < -0.39 is 17.3 Å². The van der Waals surface area contributed by atoms with Gasteiger partial charge in [0.15, 0.2) is 0 Å². The predicted molar refractivity (Wildman–Crippen MR) is 98.1 cm³/mol. The monoisotopic (exact) mass is 379 g/mol. The molecule has 1 heterocycles. The first-order chi connectivity index (χ1) is 12.8. The van der Waals surface area contributed by atoms with E-state index in [9.17, 15) is 13.2 Å². The molecule has 1 aliphatic rings. The lowest BCUT2D eigenvalue weighted by atomic mass is 9.94. The molecule has 2 aromatic carbocycles. The van der Waals surface area contributed by atoms with Gasteiger partial charge in [0, 0.05) is 13.1 Å². The van der Waals surface area contributed by atoms with E-state index in [1.165, 1.54) is 6.07 Å². The minimum Gasteiger partial charge on any atom is -0.492 e. The third-order valence-corrected chi connectivity index (χ3v) is 4.68. The van der Waals surface area contributed by atoms with Crippen LogP contribution in [-0.2, 0) is 6.18 Å². The second-order valence-corrected chi connectivity index (χ2v) is 7.12. The molecule has 0 saturated carbocycles. The number of rotatable bonds is 6. The van der Waals surface area contributed by atoms with Crippen LogP contribution in [0.15, 0.2) is 54.6 Å². The smallest absolute Gasteiger partial charge is 0.416 e. The molecule has 3 rings (SSSR count). The Labute approximate surface area is 157 Å². The maximum atomic E-state index is 12.9. The van der Waals surface area contributed by atoms with Gasteiger partial charge in [-0.3, -0.25) is 4.90 Å². The van der Waals surface area contributed by atoms with Crippen molar-refractivity contribution in [2.24, 2.45) is 0 Å². The van der Waals surface area contributed by atoms with Crippen LogP contribution in [0.1, 0.15) is 25.3 Å². The Balaban J connectivity index is 1.56. The third kappa shape index (κ3) is 5.63. The van der Waals surface area contributed by atoms with Gasteiger partial charge in [-0.2, -0.15) is 13.2 Å². The summed E-state index contributed by atoms with van der Waals surface area (Å²) in [5, 5.41) is 0. The molecule has 1 fully saturated rings. The Bertz CT molecular complexity index is 736. The zero-order valence-electron chi connectivity index (χ0n) is 15.3. The second-order valence-electron chi connectivity index (χ2n) is 7.12. The average Bonchev–Trinajstić information content (AvgIpc) is 2.62. The molecule has 1 aliphatic heterocycles. The minimum absolute atomic E-state index is 0.259. The van der Waals surface area contributed by atoms with E-state index in [1.54, 1.807) is 6.07 Å². The molecule has 0 amide bonds. The van der Waals surface area contributed by atoms with Crippen LogP contribution in [0.4, 0.5) is 13.2 Å². The first-order valence-corrected chi connectivity index (χ1v) is 9.11. The van der Waals surface area contributed by atoms with Crippen LogP contribution in [0.5, 0.6) is 11.5 Å². The Morgan fingerprint density at radius 1 is 1.04 bits per heavy atom. The van der Waals surface area contributed by atoms with Crippen LogP contribution >= 0.6 is 0 Å². The van der Waals surface area contributed by atoms with Crippen molar-refractivity contribution in [3.05, 3.63) is 60.2 Å². The molecule has 0 N–H and O–H groups in total. The average molecular weight is 379 g/mol. The number of para-hydroxylation sites is 1. The molecule has 3 nitrogen and oxygen atoms in total. The van der Waals surface area contributed by atoms with Crippen molar-refractivity contribution in [1.29, 1.82) is 0 Å². The normalized spacial score (nSPS) is 21.0. The van der Waals surface area contributed by atoms with Gasteiger partial charge in [-0.15, -0.1) is 0 Å². The Morgan fingerprint density at radius 2 is 1.78 bits per heavy atom. The largest absolute Gasteiger partial charge is 0.492 e. The number of hydrogen-bond donors (Lipinski definition) is 0. The van der Waals surface area contributed by atoms with Gasteiger partial charge in [0.25, 0.3) is 0 Å². The van der Waals surface area contributed by atoms with Crippen molar-refractivity contribution in [2.45, 2.75) is 31.5 Å². The maximum absolute atomic E-state index is 12.9. The molecule has 0 radical (unpaired) electrons. The van der Waals surface area contributed by atoms with E-state index in [1.807, 2.05) is 37.3 Å². The first kappa shape index (κ1) is 19.5. The topological polar surface area (TPSA) is 21.7 Å². The SMILES string of the molecule is CC1(Oc2cccc(C(F)(F)F)c2)CCCN(CCOc2ccccc2)C1. The maximum Gasteiger partial charge on any atom is 0.416 e. The summed E-state index contributed by atoms with van der Waals surface area (Å²) in [6.45, 7) is 4.85. The van der Waals surface area contributed by atoms with Crippen LogP contribution in [0.3, 0.4) is 0 Å². The zero-order chi connectivity index (χ0) is 19.3. The van der Waals surface area contributed by atoms with Gasteiger partial charge < -0.3 is 9.47 Å². The molecule has 27 heavy (non-hydrogen) atoms. The first-order valence-electron chi connectivity index (χ1n) is 9.11. The molecule has 2 aromatic rings. The molecule has 1 saturated heterocycles. The number of nitrogens with zero attached hydrogens (tertiary/aromatic N) is 1. The van der Waals surface area contributed by atoms with E-state index in [0.717, 1.165) is 43.8 Å². The number of hydrogen-bond acceptors (Lipinski definition) is 3. The van der Waals surface area contributed by atoms with Gasteiger partial charge in [-0.1, -0.05) is 24.3 Å². The lowest BCUT2D eigenvalue weighted by Crippen LogP contribution is -2.50. The van der Waals surface area contributed by atoms with Crippen molar-refractivity contribution in [3.63, 3.8) is 0 Å². The van der Waals surface area contributed by atoms with E-state index in [0.29, 0.717) is 13.2 Å². The van der Waals surface area contributed by atoms with Crippen molar-refractivity contribution < 1.29 is 22.6 Å². The van der Waals surface area contributed by atoms with E-state index >= 15 is 0 Å². The zero-order valence-corrected chi connectivity index (χ0v) is 15.3. The highest BCUT2D eigenvalue weighted by Gasteiger charge is 2.34. The molecule has 1 atom stereocenters. The summed E-state index contributed by atoms with van der Waals surface area (Å²) in [5.41, 5.74) is -1.21. The highest BCUT2D eigenvalue weighted by molar-refractivity contribution is 5.31. The van der Waals surface area contributed by atoms with Gasteiger partial charge in [0.2, 0.25) is 0 Å². The van der Waals surface area contributed by atoms with Crippen molar-refractivity contribution in [1.82, 2.24) is 4.90 Å². The Hall–Kier alpha value is -2.21. The van der Waals surface area contributed by atoms with E-state index in [4.69, 9.17) is 9.47 Å². The Morgan fingerprint density at radius 3 is 2.52 bits per heavy atom. The predicted octanol–water partition coefficient (Wildman–Crippen LogP) is 5.02. The quantitative estimate of drug-likeness (QED) is 0.704. The fourth-order valence-corrected chi connectivity index (χ4v) is 3.41. The Kier molecular flexibility index (Phi) is 5.95. The summed E-state index contributed by atoms with van der Waals surface area (Å²) in [4.78, 5) is 2.24. The molecule has 0 bridgehead atoms. The molecule has 0 aromatic heterocycles. The molecular weight excluding hydrogens is 355 g/mol. The molecular formula is C21H24F3NO2. The summed E-state index contributed by atoms with van der Waals surface area (Å²) >= 11 is 0. The van der Waals surface area contributed by atoms with Crippen molar-refractivity contribution in [3.8, 4) is 11.5 Å². The number of benzene rings is 2.